The van der Waals surface area contributed by atoms with Gasteiger partial charge in [0.25, 0.3) is 5.91 Å². The predicted octanol–water partition coefficient (Wildman–Crippen LogP) is -0.417. The molecule has 2 amide bonds. The van der Waals surface area contributed by atoms with Crippen molar-refractivity contribution in [3.63, 3.8) is 0 Å². The molecule has 0 spiro atoms. The molecule has 0 aromatic carbocycles. The Morgan fingerprint density at radius 3 is 2.59 bits per heavy atom. The van der Waals surface area contributed by atoms with Crippen LogP contribution < -0.4 is 10.9 Å². The van der Waals surface area contributed by atoms with Crippen molar-refractivity contribution in [3.8, 4) is 0 Å². The van der Waals surface area contributed by atoms with E-state index in [1.165, 1.54) is 30.3 Å². The Labute approximate surface area is 98.6 Å². The summed E-state index contributed by atoms with van der Waals surface area (Å²) >= 11 is 0. The molecule has 17 heavy (non-hydrogen) atoms. The smallest absolute Gasteiger partial charge is 0.255 e. The average molecular weight is 237 g/mol. The second-order valence-corrected chi connectivity index (χ2v) is 3.43. The summed E-state index contributed by atoms with van der Waals surface area (Å²) in [6, 6.07) is 2.72. The van der Waals surface area contributed by atoms with Gasteiger partial charge in [0.05, 0.1) is 12.1 Å². The van der Waals surface area contributed by atoms with Gasteiger partial charge in [0, 0.05) is 25.9 Å². The van der Waals surface area contributed by atoms with Gasteiger partial charge in [-0.05, 0) is 13.0 Å². The first kappa shape index (κ1) is 13.0. The highest BCUT2D eigenvalue weighted by atomic mass is 16.2. The first-order valence-electron chi connectivity index (χ1n) is 5.27. The van der Waals surface area contributed by atoms with Crippen LogP contribution in [0.3, 0.4) is 0 Å². The van der Waals surface area contributed by atoms with E-state index in [2.05, 4.69) is 10.3 Å². The van der Waals surface area contributed by atoms with Crippen LogP contribution in [0.15, 0.2) is 23.1 Å². The fourth-order valence-electron chi connectivity index (χ4n) is 1.31. The number of H-pyrrole nitrogens is 1. The maximum absolute atomic E-state index is 12.0. The normalized spacial score (nSPS) is 9.76. The van der Waals surface area contributed by atoms with Crippen molar-refractivity contribution < 1.29 is 9.59 Å². The molecule has 92 valence electrons. The molecule has 0 aliphatic heterocycles. The molecule has 0 fully saturated rings. The van der Waals surface area contributed by atoms with Crippen molar-refractivity contribution in [3.05, 3.63) is 34.2 Å². The minimum atomic E-state index is -0.285. The lowest BCUT2D eigenvalue weighted by Gasteiger charge is -2.19. The largest absolute Gasteiger partial charge is 0.358 e. The Bertz CT molecular complexity index is 447. The molecule has 6 nitrogen and oxygen atoms in total. The van der Waals surface area contributed by atoms with Gasteiger partial charge in [-0.2, -0.15) is 0 Å². The molecule has 0 atom stereocenters. The van der Waals surface area contributed by atoms with Crippen LogP contribution in [0.5, 0.6) is 0 Å². The first-order valence-corrected chi connectivity index (χ1v) is 5.27. The minimum absolute atomic E-state index is 0.00492. The van der Waals surface area contributed by atoms with E-state index in [4.69, 9.17) is 0 Å². The number of rotatable bonds is 4. The highest BCUT2D eigenvalue weighted by Crippen LogP contribution is 2.01. The van der Waals surface area contributed by atoms with Crippen LogP contribution in [0.25, 0.3) is 0 Å². The lowest BCUT2D eigenvalue weighted by Crippen LogP contribution is -2.39. The van der Waals surface area contributed by atoms with Crippen LogP contribution in [0.2, 0.25) is 0 Å². The van der Waals surface area contributed by atoms with Gasteiger partial charge in [-0.1, -0.05) is 0 Å². The third-order valence-electron chi connectivity index (χ3n) is 2.31. The molecular formula is C11H15N3O3. The summed E-state index contributed by atoms with van der Waals surface area (Å²) < 4.78 is 0. The second-order valence-electron chi connectivity index (χ2n) is 3.43. The first-order chi connectivity index (χ1) is 8.08. The highest BCUT2D eigenvalue weighted by molar-refractivity contribution is 5.96. The van der Waals surface area contributed by atoms with E-state index < -0.39 is 0 Å². The third kappa shape index (κ3) is 3.44. The van der Waals surface area contributed by atoms with Gasteiger partial charge in [0.2, 0.25) is 11.5 Å². The van der Waals surface area contributed by atoms with Gasteiger partial charge < -0.3 is 15.2 Å². The lowest BCUT2D eigenvalue weighted by molar-refractivity contribution is -0.121. The van der Waals surface area contributed by atoms with Crippen LogP contribution in [0.4, 0.5) is 0 Å². The number of pyridine rings is 1. The van der Waals surface area contributed by atoms with Gasteiger partial charge in [0.1, 0.15) is 0 Å². The molecule has 2 N–H and O–H groups in total. The minimum Gasteiger partial charge on any atom is -0.358 e. The quantitative estimate of drug-likeness (QED) is 0.746. The number of nitrogens with one attached hydrogen (secondary N) is 2. The Morgan fingerprint density at radius 1 is 1.41 bits per heavy atom. The van der Waals surface area contributed by atoms with Gasteiger partial charge in [-0.15, -0.1) is 0 Å². The molecule has 0 unspecified atom stereocenters. The molecule has 1 heterocycles. The fraction of sp³-hybridized carbons (Fsp3) is 0.364. The molecule has 0 saturated carbocycles. The van der Waals surface area contributed by atoms with E-state index in [1.54, 1.807) is 6.92 Å². The van der Waals surface area contributed by atoms with Crippen molar-refractivity contribution >= 4 is 11.8 Å². The number of amides is 2. The summed E-state index contributed by atoms with van der Waals surface area (Å²) in [6.45, 7) is 2.21. The summed E-state index contributed by atoms with van der Waals surface area (Å²) in [6.07, 6.45) is 1.34. The summed E-state index contributed by atoms with van der Waals surface area (Å²) in [5.74, 6) is -0.517. The third-order valence-corrected chi connectivity index (χ3v) is 2.31. The number of likely N-dealkylation sites (N-methyl/N-ethyl adjacent to an activating group) is 2. The second kappa shape index (κ2) is 5.83. The molecule has 1 rings (SSSR count). The van der Waals surface area contributed by atoms with Crippen LogP contribution in [0, 0.1) is 0 Å². The molecular weight excluding hydrogens is 222 g/mol. The van der Waals surface area contributed by atoms with Gasteiger partial charge in [0.15, 0.2) is 0 Å². The van der Waals surface area contributed by atoms with Crippen LogP contribution in [-0.2, 0) is 4.79 Å². The van der Waals surface area contributed by atoms with E-state index in [0.717, 1.165) is 0 Å². The summed E-state index contributed by atoms with van der Waals surface area (Å²) in [7, 11) is 1.51. The molecule has 6 heteroatoms. The van der Waals surface area contributed by atoms with Crippen molar-refractivity contribution in [2.45, 2.75) is 6.92 Å². The lowest BCUT2D eigenvalue weighted by atomic mass is 10.2. The number of nitrogens with zero attached hydrogens (tertiary/aromatic N) is 1. The standard InChI is InChI=1S/C11H15N3O3/c1-3-14(7-10(16)12-2)11(17)8-4-5-9(15)13-6-8/h4-6H,3,7H2,1-2H3,(H,12,16)(H,13,15). The van der Waals surface area contributed by atoms with Crippen molar-refractivity contribution in [1.29, 1.82) is 0 Å². The van der Waals surface area contributed by atoms with E-state index in [1.807, 2.05) is 0 Å². The number of hydrogen-bond acceptors (Lipinski definition) is 3. The molecule has 0 aliphatic rings. The number of hydrogen-bond donors (Lipinski definition) is 2. The molecule has 1 aromatic rings. The summed E-state index contributed by atoms with van der Waals surface area (Å²) in [5, 5.41) is 2.45. The SMILES string of the molecule is CCN(CC(=O)NC)C(=O)c1ccc(=O)[nH]c1. The Kier molecular flexibility index (Phi) is 4.45. The zero-order valence-corrected chi connectivity index (χ0v) is 9.82. The van der Waals surface area contributed by atoms with Crippen molar-refractivity contribution in [2.24, 2.45) is 0 Å². The Hall–Kier alpha value is -2.11. The van der Waals surface area contributed by atoms with Crippen LogP contribution in [0.1, 0.15) is 17.3 Å². The van der Waals surface area contributed by atoms with Crippen molar-refractivity contribution in [1.82, 2.24) is 15.2 Å². The molecule has 1 aromatic heterocycles. The zero-order valence-electron chi connectivity index (χ0n) is 9.82. The molecule has 0 bridgehead atoms. The van der Waals surface area contributed by atoms with Gasteiger partial charge in [-0.25, -0.2) is 0 Å². The monoisotopic (exact) mass is 237 g/mol. The van der Waals surface area contributed by atoms with E-state index in [-0.39, 0.29) is 23.9 Å². The van der Waals surface area contributed by atoms with Crippen LogP contribution >= 0.6 is 0 Å². The Balaban J connectivity index is 2.82. The molecule has 0 radical (unpaired) electrons. The highest BCUT2D eigenvalue weighted by Gasteiger charge is 2.16. The summed E-state index contributed by atoms with van der Waals surface area (Å²) in [5.41, 5.74) is 0.0891. The zero-order chi connectivity index (χ0) is 12.8. The van der Waals surface area contributed by atoms with E-state index >= 15 is 0 Å². The summed E-state index contributed by atoms with van der Waals surface area (Å²) in [4.78, 5) is 37.9. The predicted molar refractivity (Wildman–Crippen MR) is 62.7 cm³/mol. The Morgan fingerprint density at radius 2 is 2.12 bits per heavy atom. The molecule has 0 aliphatic carbocycles. The van der Waals surface area contributed by atoms with Crippen molar-refractivity contribution in [2.75, 3.05) is 20.1 Å². The number of carbonyl (C=O) groups excluding carboxylic acids is 2. The molecule has 0 saturated heterocycles. The maximum Gasteiger partial charge on any atom is 0.255 e. The van der Waals surface area contributed by atoms with E-state index in [0.29, 0.717) is 12.1 Å². The van der Waals surface area contributed by atoms with Gasteiger partial charge in [-0.3, -0.25) is 14.4 Å². The fourth-order valence-corrected chi connectivity index (χ4v) is 1.31. The number of aromatic nitrogens is 1. The van der Waals surface area contributed by atoms with Gasteiger partial charge >= 0.3 is 0 Å². The maximum atomic E-state index is 12.0. The average Bonchev–Trinajstić information content (AvgIpc) is 2.35. The number of carbonyl (C=O) groups is 2. The number of aromatic amines is 1. The van der Waals surface area contributed by atoms with Crippen LogP contribution in [-0.4, -0.2) is 41.8 Å². The topological polar surface area (TPSA) is 82.3 Å². The van der Waals surface area contributed by atoms with E-state index in [9.17, 15) is 14.4 Å².